The minimum absolute atomic E-state index is 0.209. The fraction of sp³-hybridized carbons (Fsp3) is 0.857. The Morgan fingerprint density at radius 1 is 0.850 bits per heavy atom. The van der Waals surface area contributed by atoms with Gasteiger partial charge in [0.15, 0.2) is 11.9 Å². The number of aliphatic hydroxyl groups excluding tert-OH is 9. The summed E-state index contributed by atoms with van der Waals surface area (Å²) in [5.41, 5.74) is 0.937. The van der Waals surface area contributed by atoms with Crippen LogP contribution in [-0.2, 0) is 14.3 Å². The fourth-order valence-electron chi connectivity index (χ4n) is 8.01. The average molecular weight is 573 g/mol. The molecule has 4 aliphatic rings. The van der Waals surface area contributed by atoms with Gasteiger partial charge in [0.1, 0.15) is 48.8 Å². The van der Waals surface area contributed by atoms with Crippen LogP contribution in [0.1, 0.15) is 58.3 Å². The molecule has 12 nitrogen and oxygen atoms in total. The van der Waals surface area contributed by atoms with Crippen LogP contribution < -0.4 is 0 Å². The van der Waals surface area contributed by atoms with E-state index in [1.54, 1.807) is 0 Å². The molecule has 8 unspecified atom stereocenters. The Bertz CT molecular complexity index is 956. The molecule has 0 radical (unpaired) electrons. The molecule has 0 amide bonds. The van der Waals surface area contributed by atoms with Crippen LogP contribution in [0.3, 0.4) is 0 Å². The molecule has 9 N–H and O–H groups in total. The maximum absolute atomic E-state index is 12.8. The van der Waals surface area contributed by atoms with Crippen LogP contribution in [0.25, 0.3) is 0 Å². The zero-order chi connectivity index (χ0) is 29.5. The quantitative estimate of drug-likeness (QED) is 0.129. The summed E-state index contributed by atoms with van der Waals surface area (Å²) in [4.78, 5) is 24.8. The lowest BCUT2D eigenvalue weighted by molar-refractivity contribution is -0.194. The van der Waals surface area contributed by atoms with Gasteiger partial charge in [-0.2, -0.15) is 0 Å². The number of aliphatic hydroxyl groups is 9. The number of carbonyl (C=O) groups is 2. The van der Waals surface area contributed by atoms with Gasteiger partial charge in [0.05, 0.1) is 6.61 Å². The van der Waals surface area contributed by atoms with Crippen molar-refractivity contribution in [1.29, 1.82) is 0 Å². The van der Waals surface area contributed by atoms with E-state index in [9.17, 15) is 50.4 Å². The molecule has 0 aromatic carbocycles. The molecular formula is C28H44O12. The Balaban J connectivity index is 1.36. The molecule has 14 atom stereocenters. The number of carbonyl (C=O) groups excluding carboxylic acids is 2. The van der Waals surface area contributed by atoms with E-state index in [1.807, 2.05) is 6.08 Å². The summed E-state index contributed by atoms with van der Waals surface area (Å²) in [7, 11) is 0. The zero-order valence-corrected chi connectivity index (χ0v) is 22.7. The number of allylic oxidation sites excluding steroid dienone is 1. The van der Waals surface area contributed by atoms with Crippen LogP contribution in [0.4, 0.5) is 0 Å². The predicted octanol–water partition coefficient (Wildman–Crippen LogP) is -2.08. The minimum Gasteiger partial charge on any atom is -0.460 e. The van der Waals surface area contributed by atoms with Crippen LogP contribution in [-0.4, -0.2) is 119 Å². The number of fused-ring (bicyclic) bond motifs is 5. The highest BCUT2D eigenvalue weighted by Crippen LogP contribution is 2.62. The van der Waals surface area contributed by atoms with Crippen molar-refractivity contribution >= 4 is 11.8 Å². The Morgan fingerprint density at radius 2 is 1.48 bits per heavy atom. The van der Waals surface area contributed by atoms with Gasteiger partial charge in [-0.1, -0.05) is 12.5 Å². The maximum atomic E-state index is 12.8. The lowest BCUT2D eigenvalue weighted by Gasteiger charge is -2.53. The van der Waals surface area contributed by atoms with Gasteiger partial charge in [-0.25, -0.2) is 4.79 Å². The van der Waals surface area contributed by atoms with E-state index in [4.69, 9.17) is 9.84 Å². The summed E-state index contributed by atoms with van der Waals surface area (Å²) in [6.45, 7) is 1.12. The first-order chi connectivity index (χ1) is 18.8. The lowest BCUT2D eigenvalue weighted by atomic mass is 9.52. The number of hydrogen-bond acceptors (Lipinski definition) is 12. The van der Waals surface area contributed by atoms with Gasteiger partial charge >= 0.3 is 5.97 Å². The molecule has 0 bridgehead atoms. The van der Waals surface area contributed by atoms with Crippen molar-refractivity contribution in [2.24, 2.45) is 29.1 Å². The highest BCUT2D eigenvalue weighted by molar-refractivity contribution is 5.91. The van der Waals surface area contributed by atoms with Gasteiger partial charge in [-0.05, 0) is 74.7 Å². The number of rotatable bonds is 10. The molecule has 228 valence electrons. The second-order valence-corrected chi connectivity index (χ2v) is 12.5. The monoisotopic (exact) mass is 572 g/mol. The number of hydrogen-bond donors (Lipinski definition) is 9. The summed E-state index contributed by atoms with van der Waals surface area (Å²) in [5, 5.41) is 89.3. The molecule has 40 heavy (non-hydrogen) atoms. The smallest absolute Gasteiger partial charge is 0.338 e. The van der Waals surface area contributed by atoms with Crippen LogP contribution >= 0.6 is 0 Å². The van der Waals surface area contributed by atoms with E-state index in [0.29, 0.717) is 36.5 Å². The van der Waals surface area contributed by atoms with Gasteiger partial charge < -0.3 is 50.7 Å². The van der Waals surface area contributed by atoms with Crippen molar-refractivity contribution in [3.05, 3.63) is 11.6 Å². The third-order valence-corrected chi connectivity index (χ3v) is 10.4. The molecular weight excluding hydrogens is 528 g/mol. The summed E-state index contributed by atoms with van der Waals surface area (Å²) in [6, 6.07) is 0. The molecule has 3 fully saturated rings. The second-order valence-electron chi connectivity index (χ2n) is 12.5. The average Bonchev–Trinajstić information content (AvgIpc) is 3.29. The first kappa shape index (κ1) is 31.5. The first-order valence-corrected chi connectivity index (χ1v) is 14.3. The topological polar surface area (TPSA) is 225 Å². The van der Waals surface area contributed by atoms with Crippen molar-refractivity contribution < 1.29 is 60.3 Å². The highest BCUT2D eigenvalue weighted by atomic mass is 16.6. The predicted molar refractivity (Wildman–Crippen MR) is 137 cm³/mol. The number of esters is 1. The van der Waals surface area contributed by atoms with Crippen molar-refractivity contribution in [2.75, 3.05) is 6.61 Å². The van der Waals surface area contributed by atoms with Gasteiger partial charge in [0.2, 0.25) is 0 Å². The van der Waals surface area contributed by atoms with Gasteiger partial charge in [0, 0.05) is 11.8 Å². The van der Waals surface area contributed by atoms with Gasteiger partial charge in [0.25, 0.3) is 0 Å². The molecule has 0 heterocycles. The third kappa shape index (κ3) is 5.75. The molecule has 0 spiro atoms. The minimum atomic E-state index is -2.34. The summed E-state index contributed by atoms with van der Waals surface area (Å²) in [6.07, 6.45) is -9.90. The van der Waals surface area contributed by atoms with E-state index in [-0.39, 0.29) is 11.2 Å². The standard InChI is InChI=1S/C28H44O12/c1-28-9-8-15-14-5-3-13(30)10-12(14)2-4-16(15)17(28)6-7-19(28)40-27(39)26(38)25(37)24(36)23(35)22(34)21(33)20(32)18(31)11-29/h10,14-26,29,31-38H,2-9,11H2,1H3/t14-,15+,16+,17-,18?,19-,20?,21?,22?,23?,24?,25?,26?,28-/m0/s1. The molecule has 0 aromatic heterocycles. The van der Waals surface area contributed by atoms with E-state index < -0.39 is 67.5 Å². The summed E-state index contributed by atoms with van der Waals surface area (Å²) < 4.78 is 5.68. The maximum Gasteiger partial charge on any atom is 0.338 e. The normalized spacial score (nSPS) is 37.9. The zero-order valence-electron chi connectivity index (χ0n) is 22.7. The Hall–Kier alpha value is -1.48. The SMILES string of the molecule is C[C@]12CC[C@H]3[C@@H](CCC4=CC(=O)CC[C@@H]43)[C@@H]1CC[C@@H]2OC(=O)C(O)C(O)C(O)C(O)C(O)C(O)C(O)C(O)CO. The molecule has 12 heteroatoms. The largest absolute Gasteiger partial charge is 0.460 e. The molecule has 0 aliphatic heterocycles. The second kappa shape index (κ2) is 12.4. The summed E-state index contributed by atoms with van der Waals surface area (Å²) >= 11 is 0. The molecule has 3 saturated carbocycles. The number of ether oxygens (including phenoxy) is 1. The van der Waals surface area contributed by atoms with Gasteiger partial charge in [-0.15, -0.1) is 0 Å². The third-order valence-electron chi connectivity index (χ3n) is 10.4. The lowest BCUT2D eigenvalue weighted by Crippen LogP contribution is -2.57. The van der Waals surface area contributed by atoms with Crippen molar-refractivity contribution in [3.8, 4) is 0 Å². The number of ketones is 1. The summed E-state index contributed by atoms with van der Waals surface area (Å²) in [5.74, 6) is 0.671. The van der Waals surface area contributed by atoms with Crippen molar-refractivity contribution in [1.82, 2.24) is 0 Å². The van der Waals surface area contributed by atoms with Gasteiger partial charge in [-0.3, -0.25) is 4.79 Å². The highest BCUT2D eigenvalue weighted by Gasteiger charge is 2.58. The molecule has 0 saturated heterocycles. The first-order valence-electron chi connectivity index (χ1n) is 14.3. The van der Waals surface area contributed by atoms with E-state index in [1.165, 1.54) is 5.57 Å². The molecule has 4 rings (SSSR count). The van der Waals surface area contributed by atoms with E-state index in [0.717, 1.165) is 38.5 Å². The Kier molecular flexibility index (Phi) is 9.75. The van der Waals surface area contributed by atoms with Crippen molar-refractivity contribution in [3.63, 3.8) is 0 Å². The Morgan fingerprint density at radius 3 is 2.12 bits per heavy atom. The molecule has 0 aromatic rings. The van der Waals surface area contributed by atoms with Crippen LogP contribution in [0, 0.1) is 29.1 Å². The van der Waals surface area contributed by atoms with Crippen LogP contribution in [0.2, 0.25) is 0 Å². The van der Waals surface area contributed by atoms with E-state index >= 15 is 0 Å². The van der Waals surface area contributed by atoms with Crippen LogP contribution in [0.15, 0.2) is 11.6 Å². The Labute approximate surface area is 232 Å². The van der Waals surface area contributed by atoms with Crippen molar-refractivity contribution in [2.45, 2.75) is 113 Å². The fourth-order valence-corrected chi connectivity index (χ4v) is 8.01. The molecule has 4 aliphatic carbocycles. The van der Waals surface area contributed by atoms with Crippen LogP contribution in [0.5, 0.6) is 0 Å². The van der Waals surface area contributed by atoms with E-state index in [2.05, 4.69) is 6.92 Å².